The van der Waals surface area contributed by atoms with Crippen molar-refractivity contribution in [3.63, 3.8) is 0 Å². The Hall–Kier alpha value is -2.69. The fraction of sp³-hybridized carbons (Fsp3) is 0.609. The zero-order chi connectivity index (χ0) is 23.0. The second-order valence-corrected chi connectivity index (χ2v) is 7.69. The number of hydrogen-bond donors (Lipinski definition) is 2. The number of anilines is 1. The molecule has 7 N–H and O–H groups in total. The van der Waals surface area contributed by atoms with Crippen LogP contribution in [0.15, 0.2) is 29.8 Å². The Morgan fingerprint density at radius 2 is 1.91 bits per heavy atom. The van der Waals surface area contributed by atoms with E-state index >= 15 is 0 Å². The molecule has 0 aliphatic carbocycles. The average Bonchev–Trinajstić information content (AvgIpc) is 3.25. The van der Waals surface area contributed by atoms with Crippen LogP contribution in [0.25, 0.3) is 0 Å². The van der Waals surface area contributed by atoms with Gasteiger partial charge in [0.15, 0.2) is 0 Å². The smallest absolute Gasteiger partial charge is 0.246 e. The van der Waals surface area contributed by atoms with E-state index in [9.17, 15) is 4.79 Å². The van der Waals surface area contributed by atoms with Crippen LogP contribution in [-0.4, -0.2) is 91.0 Å². The highest BCUT2D eigenvalue weighted by Gasteiger charge is 2.28. The van der Waals surface area contributed by atoms with Crippen molar-refractivity contribution in [2.24, 2.45) is 10.7 Å². The van der Waals surface area contributed by atoms with E-state index in [-0.39, 0.29) is 23.6 Å². The molecule has 10 nitrogen and oxygen atoms in total. The number of amides is 1. The van der Waals surface area contributed by atoms with Gasteiger partial charge < -0.3 is 31.9 Å². The van der Waals surface area contributed by atoms with Gasteiger partial charge in [0, 0.05) is 51.0 Å². The molecular formula is C23H43N7O3. The summed E-state index contributed by atoms with van der Waals surface area (Å²) in [6.07, 6.45) is 3.71. The summed E-state index contributed by atoms with van der Waals surface area (Å²) in [6, 6.07) is 4.28. The van der Waals surface area contributed by atoms with Crippen LogP contribution in [0.2, 0.25) is 0 Å². The van der Waals surface area contributed by atoms with Gasteiger partial charge >= 0.3 is 0 Å². The summed E-state index contributed by atoms with van der Waals surface area (Å²) in [6.45, 7) is 13.5. The summed E-state index contributed by atoms with van der Waals surface area (Å²) < 4.78 is 6.24. The maximum atomic E-state index is 11.8. The van der Waals surface area contributed by atoms with Gasteiger partial charge in [0.05, 0.1) is 0 Å². The van der Waals surface area contributed by atoms with Crippen LogP contribution < -0.4 is 21.5 Å². The predicted molar refractivity (Wildman–Crippen MR) is 136 cm³/mol. The summed E-state index contributed by atoms with van der Waals surface area (Å²) >= 11 is 0. The summed E-state index contributed by atoms with van der Waals surface area (Å²) in [5.41, 5.74) is 7.65. The van der Waals surface area contributed by atoms with Gasteiger partial charge in [-0.1, -0.05) is 20.4 Å². The van der Waals surface area contributed by atoms with E-state index in [1.165, 1.54) is 12.5 Å². The minimum atomic E-state index is -0.0269. The Labute approximate surface area is 198 Å². The molecule has 0 unspecified atom stereocenters. The first kappa shape index (κ1) is 30.3. The number of pyridine rings is 1. The van der Waals surface area contributed by atoms with Crippen molar-refractivity contribution in [3.8, 4) is 5.88 Å². The Kier molecular flexibility index (Phi) is 13.3. The number of carbonyl (C=O) groups is 1. The summed E-state index contributed by atoms with van der Waals surface area (Å²) in [5.74, 6) is 0.908. The topological polar surface area (TPSA) is 154 Å². The summed E-state index contributed by atoms with van der Waals surface area (Å²) in [7, 11) is 3.79. The van der Waals surface area contributed by atoms with Gasteiger partial charge in [-0.2, -0.15) is 0 Å². The number of rotatable bonds is 6. The van der Waals surface area contributed by atoms with Crippen LogP contribution in [0, 0.1) is 0 Å². The number of nitrogens with zero attached hydrogens (tertiary/aromatic N) is 5. The van der Waals surface area contributed by atoms with Crippen molar-refractivity contribution in [1.29, 1.82) is 0 Å². The number of hydrogen-bond acceptors (Lipinski definition) is 7. The molecule has 2 fully saturated rings. The highest BCUT2D eigenvalue weighted by molar-refractivity contribution is 5.96. The summed E-state index contributed by atoms with van der Waals surface area (Å²) in [4.78, 5) is 26.9. The molecule has 3 heterocycles. The fourth-order valence-corrected chi connectivity index (χ4v) is 4.09. The van der Waals surface area contributed by atoms with Crippen LogP contribution in [0.4, 0.5) is 5.69 Å². The van der Waals surface area contributed by atoms with Crippen LogP contribution in [0.5, 0.6) is 5.88 Å². The highest BCUT2D eigenvalue weighted by atomic mass is 16.5. The second-order valence-electron chi connectivity index (χ2n) is 7.69. The van der Waals surface area contributed by atoms with E-state index in [1.807, 2.05) is 30.9 Å². The van der Waals surface area contributed by atoms with Crippen LogP contribution in [0.3, 0.4) is 0 Å². The van der Waals surface area contributed by atoms with Crippen molar-refractivity contribution >= 4 is 17.4 Å². The molecule has 2 aliphatic heterocycles. The Bertz CT molecular complexity index is 779. The van der Waals surface area contributed by atoms with Crippen molar-refractivity contribution < 1.29 is 15.0 Å². The molecule has 2 atom stereocenters. The average molecular weight is 466 g/mol. The van der Waals surface area contributed by atoms with E-state index in [1.54, 1.807) is 7.05 Å². The van der Waals surface area contributed by atoms with Gasteiger partial charge in [0.2, 0.25) is 11.8 Å². The number of aromatic nitrogens is 1. The van der Waals surface area contributed by atoms with Gasteiger partial charge in [-0.25, -0.2) is 4.98 Å². The van der Waals surface area contributed by atoms with Gasteiger partial charge in [-0.3, -0.25) is 14.7 Å². The van der Waals surface area contributed by atoms with Crippen molar-refractivity contribution in [3.05, 3.63) is 30.5 Å². The fourth-order valence-electron chi connectivity index (χ4n) is 4.09. The molecule has 188 valence electrons. The number of nitrogens with two attached hydrogens (primary N) is 1. The normalized spacial score (nSPS) is 19.4. The lowest BCUT2D eigenvalue weighted by molar-refractivity contribution is -0.126. The SMILES string of the molecule is C=CC(=O)N1CCN(c2cc(O[C@@H](C)[C@@H]3CCCN3C)nc(C(N)=NC)c2)CC1.CC.N.O. The largest absolute Gasteiger partial charge is 0.473 e. The molecular weight excluding hydrogens is 422 g/mol. The zero-order valence-corrected chi connectivity index (χ0v) is 20.9. The highest BCUT2D eigenvalue weighted by Crippen LogP contribution is 2.26. The molecule has 1 aromatic rings. The minimum Gasteiger partial charge on any atom is -0.473 e. The number of ether oxygens (including phenoxy) is 1. The first-order valence-electron chi connectivity index (χ1n) is 11.2. The summed E-state index contributed by atoms with van der Waals surface area (Å²) in [5, 5.41) is 0. The molecule has 2 aliphatic rings. The maximum Gasteiger partial charge on any atom is 0.246 e. The first-order valence-corrected chi connectivity index (χ1v) is 11.2. The Morgan fingerprint density at radius 3 is 2.42 bits per heavy atom. The van der Waals surface area contributed by atoms with Gasteiger partial charge in [-0.15, -0.1) is 0 Å². The molecule has 1 amide bonds. The van der Waals surface area contributed by atoms with Crippen molar-refractivity contribution in [2.45, 2.75) is 45.8 Å². The van der Waals surface area contributed by atoms with Crippen LogP contribution in [-0.2, 0) is 4.79 Å². The Morgan fingerprint density at radius 1 is 1.27 bits per heavy atom. The predicted octanol–water partition coefficient (Wildman–Crippen LogP) is 1.48. The number of piperazine rings is 1. The molecule has 0 radical (unpaired) electrons. The lowest BCUT2D eigenvalue weighted by Gasteiger charge is -2.36. The number of aliphatic imine (C=N–C) groups is 1. The number of likely N-dealkylation sites (tertiary alicyclic amines) is 1. The molecule has 0 spiro atoms. The molecule has 3 rings (SSSR count). The molecule has 0 bridgehead atoms. The lowest BCUT2D eigenvalue weighted by atomic mass is 10.1. The van der Waals surface area contributed by atoms with E-state index in [0.29, 0.717) is 36.5 Å². The van der Waals surface area contributed by atoms with Crippen LogP contribution >= 0.6 is 0 Å². The molecule has 33 heavy (non-hydrogen) atoms. The third-order valence-electron chi connectivity index (χ3n) is 5.85. The van der Waals surface area contributed by atoms with Crippen molar-refractivity contribution in [2.75, 3.05) is 51.7 Å². The van der Waals surface area contributed by atoms with Gasteiger partial charge in [-0.05, 0) is 45.5 Å². The number of carbonyl (C=O) groups excluding carboxylic acids is 1. The molecule has 0 aromatic carbocycles. The van der Waals surface area contributed by atoms with E-state index in [0.717, 1.165) is 31.7 Å². The lowest BCUT2D eigenvalue weighted by Crippen LogP contribution is -2.48. The molecule has 1 aromatic heterocycles. The third-order valence-corrected chi connectivity index (χ3v) is 5.85. The van der Waals surface area contributed by atoms with Crippen molar-refractivity contribution in [1.82, 2.24) is 20.9 Å². The monoisotopic (exact) mass is 465 g/mol. The minimum absolute atomic E-state index is 0. The van der Waals surface area contributed by atoms with Gasteiger partial charge in [0.25, 0.3) is 0 Å². The third kappa shape index (κ3) is 7.69. The standard InChI is InChI=1S/C21H32N6O2.C2H6.H3N.H2O/c1-5-20(28)27-11-9-26(10-12-27)16-13-17(21(22)23-3)24-19(14-16)29-15(2)18-7-6-8-25(18)4;1-2;;/h5,13-15,18H,1,6-12H2,2-4H3,(H2,22,23);1-2H3;1H3;1H2/t15-,18-;;;/m0.../s1. The van der Waals surface area contributed by atoms with E-state index in [4.69, 9.17) is 10.5 Å². The number of likely N-dealkylation sites (N-methyl/N-ethyl adjacent to an activating group) is 1. The Balaban J connectivity index is 0.00000249. The van der Waals surface area contributed by atoms with Crippen LogP contribution in [0.1, 0.15) is 39.3 Å². The zero-order valence-electron chi connectivity index (χ0n) is 20.9. The van der Waals surface area contributed by atoms with E-state index in [2.05, 4.69) is 40.3 Å². The quantitative estimate of drug-likeness (QED) is 0.366. The molecule has 2 saturated heterocycles. The molecule has 0 saturated carbocycles. The maximum absolute atomic E-state index is 11.8. The van der Waals surface area contributed by atoms with E-state index < -0.39 is 0 Å². The number of amidine groups is 1. The molecule has 10 heteroatoms. The second kappa shape index (κ2) is 14.5. The first-order chi connectivity index (χ1) is 14.9. The van der Waals surface area contributed by atoms with Gasteiger partial charge in [0.1, 0.15) is 17.6 Å².